The van der Waals surface area contributed by atoms with Crippen molar-refractivity contribution in [2.24, 2.45) is 10.8 Å². The van der Waals surface area contributed by atoms with Gasteiger partial charge in [-0.2, -0.15) is 0 Å². The van der Waals surface area contributed by atoms with Gasteiger partial charge in [0.2, 0.25) is 5.96 Å². The van der Waals surface area contributed by atoms with Gasteiger partial charge in [0.15, 0.2) is 5.82 Å². The SMILES string of the molecule is COCCCN=C(NN)Nc1c(F)cc(F)cc1Br. The summed E-state index contributed by atoms with van der Waals surface area (Å²) < 4.78 is 31.6. The lowest BCUT2D eigenvalue weighted by Crippen LogP contribution is -2.36. The van der Waals surface area contributed by atoms with Crippen LogP contribution in [0.15, 0.2) is 21.6 Å². The number of guanidine groups is 1. The van der Waals surface area contributed by atoms with Gasteiger partial charge in [-0.3, -0.25) is 10.4 Å². The zero-order valence-corrected chi connectivity index (χ0v) is 11.9. The number of halogens is 3. The number of methoxy groups -OCH3 is 1. The maximum Gasteiger partial charge on any atom is 0.210 e. The lowest BCUT2D eigenvalue weighted by atomic mass is 10.3. The van der Waals surface area contributed by atoms with E-state index >= 15 is 0 Å². The van der Waals surface area contributed by atoms with E-state index in [-0.39, 0.29) is 16.1 Å². The van der Waals surface area contributed by atoms with Crippen molar-refractivity contribution in [2.45, 2.75) is 6.42 Å². The van der Waals surface area contributed by atoms with E-state index in [0.717, 1.165) is 12.1 Å². The average Bonchev–Trinajstić information content (AvgIpc) is 2.36. The molecule has 0 saturated heterocycles. The third-order valence-electron chi connectivity index (χ3n) is 2.16. The number of hydrazine groups is 1. The van der Waals surface area contributed by atoms with E-state index in [9.17, 15) is 8.78 Å². The summed E-state index contributed by atoms with van der Waals surface area (Å²) in [6, 6.07) is 1.91. The molecule has 0 aliphatic heterocycles. The third kappa shape index (κ3) is 5.09. The summed E-state index contributed by atoms with van der Waals surface area (Å²) in [5.74, 6) is 4.05. The minimum Gasteiger partial charge on any atom is -0.385 e. The zero-order chi connectivity index (χ0) is 14.3. The van der Waals surface area contributed by atoms with Crippen molar-refractivity contribution in [1.82, 2.24) is 5.43 Å². The number of nitrogens with zero attached hydrogens (tertiary/aromatic N) is 1. The van der Waals surface area contributed by atoms with E-state index in [2.05, 4.69) is 31.7 Å². The highest BCUT2D eigenvalue weighted by Gasteiger charge is 2.11. The van der Waals surface area contributed by atoms with Crippen molar-refractivity contribution in [1.29, 1.82) is 0 Å². The number of benzene rings is 1. The number of hydrogen-bond acceptors (Lipinski definition) is 3. The van der Waals surface area contributed by atoms with E-state index in [1.807, 2.05) is 0 Å². The van der Waals surface area contributed by atoms with Crippen molar-refractivity contribution in [3.8, 4) is 0 Å². The Morgan fingerprint density at radius 2 is 2.21 bits per heavy atom. The first kappa shape index (κ1) is 15.8. The first-order valence-corrected chi connectivity index (χ1v) is 6.29. The molecule has 4 N–H and O–H groups in total. The summed E-state index contributed by atoms with van der Waals surface area (Å²) in [7, 11) is 1.59. The van der Waals surface area contributed by atoms with E-state index < -0.39 is 11.6 Å². The second-order valence-electron chi connectivity index (χ2n) is 3.59. The summed E-state index contributed by atoms with van der Waals surface area (Å²) in [6.45, 7) is 1.02. The topological polar surface area (TPSA) is 71.7 Å². The van der Waals surface area contributed by atoms with Gasteiger partial charge in [0.1, 0.15) is 5.82 Å². The summed E-state index contributed by atoms with van der Waals surface area (Å²) in [5, 5.41) is 2.65. The minimum absolute atomic E-state index is 0.0600. The molecular formula is C11H15BrF2N4O. The summed E-state index contributed by atoms with van der Waals surface area (Å²) in [4.78, 5) is 4.09. The van der Waals surface area contributed by atoms with Crippen molar-refractivity contribution in [3.05, 3.63) is 28.2 Å². The number of nitrogens with one attached hydrogen (secondary N) is 2. The van der Waals surface area contributed by atoms with Crippen LogP contribution in [-0.2, 0) is 4.74 Å². The van der Waals surface area contributed by atoms with Crippen LogP contribution in [0.1, 0.15) is 6.42 Å². The quantitative estimate of drug-likeness (QED) is 0.253. The fraction of sp³-hybridized carbons (Fsp3) is 0.364. The van der Waals surface area contributed by atoms with E-state index in [1.54, 1.807) is 7.11 Å². The Labute approximate surface area is 118 Å². The molecule has 5 nitrogen and oxygen atoms in total. The van der Waals surface area contributed by atoms with Crippen LogP contribution in [0, 0.1) is 11.6 Å². The molecule has 1 aromatic rings. The van der Waals surface area contributed by atoms with Gasteiger partial charge in [0.05, 0.1) is 5.69 Å². The molecular weight excluding hydrogens is 322 g/mol. The van der Waals surface area contributed by atoms with Crippen LogP contribution in [0.3, 0.4) is 0 Å². The van der Waals surface area contributed by atoms with Crippen molar-refractivity contribution in [2.75, 3.05) is 25.6 Å². The molecule has 0 spiro atoms. The Hall–Kier alpha value is -1.25. The van der Waals surface area contributed by atoms with Gasteiger partial charge in [-0.05, 0) is 28.4 Å². The average molecular weight is 337 g/mol. The highest BCUT2D eigenvalue weighted by molar-refractivity contribution is 9.10. The molecule has 106 valence electrons. The number of rotatable bonds is 5. The second-order valence-corrected chi connectivity index (χ2v) is 4.44. The maximum absolute atomic E-state index is 13.6. The lowest BCUT2D eigenvalue weighted by molar-refractivity contribution is 0.197. The van der Waals surface area contributed by atoms with Crippen molar-refractivity contribution >= 4 is 27.6 Å². The minimum atomic E-state index is -0.744. The van der Waals surface area contributed by atoms with E-state index in [1.165, 1.54) is 0 Å². The zero-order valence-electron chi connectivity index (χ0n) is 10.3. The molecule has 8 heteroatoms. The number of nitrogens with two attached hydrogens (primary N) is 1. The standard InChI is InChI=1S/C11H15BrF2N4O/c1-19-4-2-3-16-11(18-15)17-10-8(12)5-7(13)6-9(10)14/h5-6H,2-4,15H2,1H3,(H2,16,17,18). The van der Waals surface area contributed by atoms with Gasteiger partial charge in [-0.15, -0.1) is 0 Å². The molecule has 0 aliphatic rings. The van der Waals surface area contributed by atoms with Crippen LogP contribution in [0.4, 0.5) is 14.5 Å². The van der Waals surface area contributed by atoms with Crippen LogP contribution >= 0.6 is 15.9 Å². The molecule has 1 rings (SSSR count). The predicted octanol–water partition coefficient (Wildman–Crippen LogP) is 1.99. The van der Waals surface area contributed by atoms with Crippen LogP contribution in [-0.4, -0.2) is 26.2 Å². The third-order valence-corrected chi connectivity index (χ3v) is 2.79. The van der Waals surface area contributed by atoms with Gasteiger partial charge >= 0.3 is 0 Å². The predicted molar refractivity (Wildman–Crippen MR) is 73.8 cm³/mol. The molecule has 0 amide bonds. The van der Waals surface area contributed by atoms with Gasteiger partial charge in [0.25, 0.3) is 0 Å². The van der Waals surface area contributed by atoms with E-state index in [0.29, 0.717) is 19.6 Å². The Bertz CT molecular complexity index is 433. The molecule has 1 aromatic carbocycles. The van der Waals surface area contributed by atoms with Crippen LogP contribution in [0.2, 0.25) is 0 Å². The Morgan fingerprint density at radius 1 is 1.47 bits per heavy atom. The fourth-order valence-electron chi connectivity index (χ4n) is 1.30. The normalized spacial score (nSPS) is 11.5. The fourth-order valence-corrected chi connectivity index (χ4v) is 1.81. The first-order valence-electron chi connectivity index (χ1n) is 5.50. The van der Waals surface area contributed by atoms with Gasteiger partial charge < -0.3 is 10.1 Å². The molecule has 0 fully saturated rings. The Morgan fingerprint density at radius 3 is 2.79 bits per heavy atom. The number of hydrogen-bond donors (Lipinski definition) is 3. The molecule has 0 aliphatic carbocycles. The van der Waals surface area contributed by atoms with Gasteiger partial charge in [0, 0.05) is 30.8 Å². The first-order chi connectivity index (χ1) is 9.08. The van der Waals surface area contributed by atoms with Crippen molar-refractivity contribution in [3.63, 3.8) is 0 Å². The summed E-state index contributed by atoms with van der Waals surface area (Å²) in [6.07, 6.45) is 0.705. The maximum atomic E-state index is 13.6. The Balaban J connectivity index is 2.75. The van der Waals surface area contributed by atoms with Crippen LogP contribution in [0.5, 0.6) is 0 Å². The highest BCUT2D eigenvalue weighted by atomic mass is 79.9. The largest absolute Gasteiger partial charge is 0.385 e. The lowest BCUT2D eigenvalue weighted by Gasteiger charge is -2.11. The monoisotopic (exact) mass is 336 g/mol. The number of aliphatic imine (C=N–C) groups is 1. The molecule has 0 saturated carbocycles. The number of ether oxygens (including phenoxy) is 1. The van der Waals surface area contributed by atoms with Gasteiger partial charge in [-0.1, -0.05) is 0 Å². The van der Waals surface area contributed by atoms with Crippen LogP contribution in [0.25, 0.3) is 0 Å². The summed E-state index contributed by atoms with van der Waals surface area (Å²) >= 11 is 3.06. The molecule has 0 radical (unpaired) electrons. The molecule has 19 heavy (non-hydrogen) atoms. The summed E-state index contributed by atoms with van der Waals surface area (Å²) in [5.41, 5.74) is 2.37. The van der Waals surface area contributed by atoms with Crippen LogP contribution < -0.4 is 16.6 Å². The van der Waals surface area contributed by atoms with E-state index in [4.69, 9.17) is 10.6 Å². The molecule has 0 unspecified atom stereocenters. The van der Waals surface area contributed by atoms with Crippen molar-refractivity contribution < 1.29 is 13.5 Å². The highest BCUT2D eigenvalue weighted by Crippen LogP contribution is 2.26. The smallest absolute Gasteiger partial charge is 0.210 e. The molecule has 0 bridgehead atoms. The second kappa shape index (κ2) is 8.03. The Kier molecular flexibility index (Phi) is 6.68. The van der Waals surface area contributed by atoms with Gasteiger partial charge in [-0.25, -0.2) is 14.6 Å². The molecule has 0 heterocycles. The molecule has 0 aromatic heterocycles. The molecule has 0 atom stereocenters. The number of anilines is 1.